The summed E-state index contributed by atoms with van der Waals surface area (Å²) in [5.41, 5.74) is 0.338. The van der Waals surface area contributed by atoms with Gasteiger partial charge in [-0.25, -0.2) is 0 Å². The van der Waals surface area contributed by atoms with E-state index in [-0.39, 0.29) is 11.8 Å². The van der Waals surface area contributed by atoms with Crippen molar-refractivity contribution in [3.05, 3.63) is 0 Å². The van der Waals surface area contributed by atoms with Gasteiger partial charge in [-0.3, -0.25) is 14.6 Å². The predicted molar refractivity (Wildman–Crippen MR) is 127 cm³/mol. The van der Waals surface area contributed by atoms with Gasteiger partial charge in [-0.2, -0.15) is 0 Å². The number of rotatable bonds is 8. The first kappa shape index (κ1) is 24.8. The lowest BCUT2D eigenvalue weighted by atomic mass is 9.87. The van der Waals surface area contributed by atoms with Crippen molar-refractivity contribution in [2.45, 2.75) is 58.8 Å². The van der Waals surface area contributed by atoms with Gasteiger partial charge in [0.2, 0.25) is 11.8 Å². The molecule has 3 rings (SSSR count). The Labute approximate surface area is 193 Å². The molecule has 0 aromatic carbocycles. The van der Waals surface area contributed by atoms with Crippen LogP contribution in [0.3, 0.4) is 0 Å². The number of piperazine rings is 1. The Morgan fingerprint density at radius 2 is 1.69 bits per heavy atom. The lowest BCUT2D eigenvalue weighted by Gasteiger charge is -2.35. The number of ether oxygens (including phenoxy) is 1. The summed E-state index contributed by atoms with van der Waals surface area (Å²) in [5, 5.41) is 3.50. The smallest absolute Gasteiger partial charge is 0.222 e. The average molecular weight is 450 g/mol. The number of hydrogen-bond acceptors (Lipinski definition) is 4. The van der Waals surface area contributed by atoms with E-state index >= 15 is 0 Å². The van der Waals surface area contributed by atoms with Gasteiger partial charge >= 0.3 is 0 Å². The highest BCUT2D eigenvalue weighted by molar-refractivity contribution is 5.80. The fourth-order valence-electron chi connectivity index (χ4n) is 5.04. The Balaban J connectivity index is 1.25. The number of carbonyl (C=O) groups excluding carboxylic acids is 2. The van der Waals surface area contributed by atoms with Crippen molar-refractivity contribution < 1.29 is 14.3 Å². The van der Waals surface area contributed by atoms with E-state index in [0.717, 1.165) is 64.5 Å². The highest BCUT2D eigenvalue weighted by Crippen LogP contribution is 2.38. The van der Waals surface area contributed by atoms with Gasteiger partial charge in [-0.1, -0.05) is 20.3 Å². The van der Waals surface area contributed by atoms with E-state index < -0.39 is 0 Å². The first-order valence-electron chi connectivity index (χ1n) is 12.5. The molecule has 32 heavy (non-hydrogen) atoms. The minimum Gasteiger partial charge on any atom is -0.381 e. The molecule has 3 aliphatic rings. The van der Waals surface area contributed by atoms with Gasteiger partial charge < -0.3 is 24.8 Å². The van der Waals surface area contributed by atoms with Crippen molar-refractivity contribution in [3.8, 4) is 0 Å². The fourth-order valence-corrected chi connectivity index (χ4v) is 5.04. The normalized spacial score (nSPS) is 24.1. The first-order valence-corrected chi connectivity index (χ1v) is 12.5. The summed E-state index contributed by atoms with van der Waals surface area (Å²) in [6.07, 6.45) is 6.53. The zero-order valence-electron chi connectivity index (χ0n) is 20.4. The van der Waals surface area contributed by atoms with Crippen molar-refractivity contribution >= 4 is 17.8 Å². The Bertz CT molecular complexity index is 652. The molecule has 8 heteroatoms. The predicted octanol–water partition coefficient (Wildman–Crippen LogP) is 1.95. The van der Waals surface area contributed by atoms with Crippen LogP contribution in [0.5, 0.6) is 0 Å². The summed E-state index contributed by atoms with van der Waals surface area (Å²) in [5.74, 6) is 1.82. The molecular weight excluding hydrogens is 406 g/mol. The molecule has 3 heterocycles. The van der Waals surface area contributed by atoms with Gasteiger partial charge in [0, 0.05) is 77.7 Å². The molecule has 0 aliphatic carbocycles. The number of aliphatic imine (C=N–C) groups is 1. The second-order valence-electron chi connectivity index (χ2n) is 10.1. The van der Waals surface area contributed by atoms with E-state index in [1.165, 1.54) is 6.42 Å². The lowest BCUT2D eigenvalue weighted by molar-refractivity contribution is -0.140. The van der Waals surface area contributed by atoms with Crippen LogP contribution in [-0.2, 0) is 14.3 Å². The van der Waals surface area contributed by atoms with Crippen LogP contribution >= 0.6 is 0 Å². The van der Waals surface area contributed by atoms with Crippen molar-refractivity contribution in [2.75, 3.05) is 66.1 Å². The number of nitrogens with one attached hydrogen (secondary N) is 1. The quantitative estimate of drug-likeness (QED) is 0.348. The van der Waals surface area contributed by atoms with E-state index in [1.807, 2.05) is 16.8 Å². The third-order valence-electron chi connectivity index (χ3n) is 7.05. The molecule has 8 nitrogen and oxygen atoms in total. The average Bonchev–Trinajstić information content (AvgIpc) is 3.42. The minimum atomic E-state index is 0.218. The molecule has 0 aromatic heterocycles. The highest BCUT2D eigenvalue weighted by Gasteiger charge is 2.42. The molecule has 0 bridgehead atoms. The van der Waals surface area contributed by atoms with Gasteiger partial charge in [-0.15, -0.1) is 0 Å². The molecule has 182 valence electrons. The summed E-state index contributed by atoms with van der Waals surface area (Å²) < 4.78 is 5.63. The second-order valence-corrected chi connectivity index (χ2v) is 10.1. The van der Waals surface area contributed by atoms with E-state index in [0.29, 0.717) is 50.4 Å². The summed E-state index contributed by atoms with van der Waals surface area (Å²) in [4.78, 5) is 35.3. The Hall–Kier alpha value is -1.83. The van der Waals surface area contributed by atoms with Crippen LogP contribution in [0.15, 0.2) is 4.99 Å². The molecule has 3 fully saturated rings. The van der Waals surface area contributed by atoms with Crippen LogP contribution in [0.25, 0.3) is 0 Å². The number of unbranched alkanes of at least 4 members (excludes halogenated alkanes) is 2. The van der Waals surface area contributed by atoms with Crippen LogP contribution in [-0.4, -0.2) is 98.5 Å². The highest BCUT2D eigenvalue weighted by atomic mass is 16.5. The summed E-state index contributed by atoms with van der Waals surface area (Å²) >= 11 is 0. The summed E-state index contributed by atoms with van der Waals surface area (Å²) in [6, 6.07) is 0. The maximum atomic E-state index is 12.5. The topological polar surface area (TPSA) is 77.5 Å². The molecule has 3 aliphatic heterocycles. The number of amides is 2. The molecule has 2 amide bonds. The summed E-state index contributed by atoms with van der Waals surface area (Å²) in [6.45, 7) is 11.6. The van der Waals surface area contributed by atoms with Gasteiger partial charge in [-0.05, 0) is 31.6 Å². The Kier molecular flexibility index (Phi) is 9.20. The number of nitrogens with zero attached hydrogens (tertiary/aromatic N) is 4. The molecule has 1 N–H and O–H groups in total. The van der Waals surface area contributed by atoms with Crippen LogP contribution in [0.4, 0.5) is 0 Å². The molecule has 1 atom stereocenters. The molecule has 1 spiro atoms. The Morgan fingerprint density at radius 3 is 2.31 bits per heavy atom. The third kappa shape index (κ3) is 6.83. The molecule has 0 saturated carbocycles. The van der Waals surface area contributed by atoms with Crippen LogP contribution < -0.4 is 5.32 Å². The number of carbonyl (C=O) groups is 2. The van der Waals surface area contributed by atoms with Gasteiger partial charge in [0.1, 0.15) is 0 Å². The van der Waals surface area contributed by atoms with E-state index in [9.17, 15) is 9.59 Å². The number of likely N-dealkylation sites (tertiary alicyclic amines) is 1. The molecule has 0 aromatic rings. The van der Waals surface area contributed by atoms with Gasteiger partial charge in [0.05, 0.1) is 6.61 Å². The SMILES string of the molecule is CN=C(NCCCCCC(=O)N1CCN(C(=O)CC(C)C)CC1)N1CCC2(CCOC2)C1. The number of guanidine groups is 1. The van der Waals surface area contributed by atoms with Crippen molar-refractivity contribution in [1.82, 2.24) is 20.0 Å². The third-order valence-corrected chi connectivity index (χ3v) is 7.05. The fraction of sp³-hybridized carbons (Fsp3) is 0.875. The van der Waals surface area contributed by atoms with E-state index in [2.05, 4.69) is 29.1 Å². The van der Waals surface area contributed by atoms with E-state index in [4.69, 9.17) is 4.74 Å². The second kappa shape index (κ2) is 11.9. The maximum absolute atomic E-state index is 12.5. The molecule has 3 saturated heterocycles. The molecule has 0 radical (unpaired) electrons. The summed E-state index contributed by atoms with van der Waals surface area (Å²) in [7, 11) is 1.85. The van der Waals surface area contributed by atoms with Crippen molar-refractivity contribution in [3.63, 3.8) is 0 Å². The maximum Gasteiger partial charge on any atom is 0.222 e. The van der Waals surface area contributed by atoms with Crippen molar-refractivity contribution in [1.29, 1.82) is 0 Å². The van der Waals surface area contributed by atoms with Gasteiger partial charge in [0.15, 0.2) is 5.96 Å². The molecule has 1 unspecified atom stereocenters. The van der Waals surface area contributed by atoms with Crippen molar-refractivity contribution in [2.24, 2.45) is 16.3 Å². The zero-order chi connectivity index (χ0) is 23.0. The Morgan fingerprint density at radius 1 is 0.969 bits per heavy atom. The lowest BCUT2D eigenvalue weighted by Crippen LogP contribution is -2.50. The number of hydrogen-bond donors (Lipinski definition) is 1. The van der Waals surface area contributed by atoms with E-state index in [1.54, 1.807) is 0 Å². The molecular formula is C24H43N5O3. The zero-order valence-corrected chi connectivity index (χ0v) is 20.4. The first-order chi connectivity index (χ1) is 15.4. The monoisotopic (exact) mass is 449 g/mol. The largest absolute Gasteiger partial charge is 0.381 e. The van der Waals surface area contributed by atoms with Crippen LogP contribution in [0.1, 0.15) is 58.8 Å². The standard InChI is InChI=1S/C24H43N5O3/c1-20(2)17-22(31)28-14-12-27(13-15-28)21(30)7-5-4-6-10-26-23(25-3)29-11-8-24(18-29)9-16-32-19-24/h20H,4-19H2,1-3H3,(H,25,26). The minimum absolute atomic E-state index is 0.218. The van der Waals surface area contributed by atoms with Crippen LogP contribution in [0, 0.1) is 11.3 Å². The van der Waals surface area contributed by atoms with Crippen LogP contribution in [0.2, 0.25) is 0 Å². The van der Waals surface area contributed by atoms with Gasteiger partial charge in [0.25, 0.3) is 0 Å².